The van der Waals surface area contributed by atoms with Gasteiger partial charge in [0, 0.05) is 31.1 Å². The van der Waals surface area contributed by atoms with Crippen LogP contribution >= 0.6 is 0 Å². The Bertz CT molecular complexity index is 755. The first-order valence-electron chi connectivity index (χ1n) is 9.65. The Morgan fingerprint density at radius 1 is 1.22 bits per heavy atom. The molecule has 6 heteroatoms. The first kappa shape index (κ1) is 19.3. The third kappa shape index (κ3) is 5.25. The number of piperidine rings is 1. The van der Waals surface area contributed by atoms with Crippen LogP contribution in [0.2, 0.25) is 0 Å². The molecule has 1 aliphatic heterocycles. The van der Waals surface area contributed by atoms with Gasteiger partial charge in [-0.05, 0) is 49.4 Å². The van der Waals surface area contributed by atoms with Gasteiger partial charge in [0.05, 0.1) is 5.69 Å². The zero-order valence-corrected chi connectivity index (χ0v) is 16.0. The number of nitrogens with one attached hydrogen (secondary N) is 1. The minimum absolute atomic E-state index is 0.0768. The van der Waals surface area contributed by atoms with Gasteiger partial charge in [0.2, 0.25) is 5.91 Å². The second kappa shape index (κ2) is 8.93. The van der Waals surface area contributed by atoms with E-state index in [1.807, 2.05) is 18.2 Å². The van der Waals surface area contributed by atoms with E-state index < -0.39 is 0 Å². The number of amides is 1. The van der Waals surface area contributed by atoms with Crippen LogP contribution in [0.15, 0.2) is 36.4 Å². The van der Waals surface area contributed by atoms with Gasteiger partial charge in [0.15, 0.2) is 5.82 Å². The number of carbonyl (C=O) groups is 1. The number of benzene rings is 1. The van der Waals surface area contributed by atoms with Crippen LogP contribution in [0.4, 0.5) is 10.2 Å². The summed E-state index contributed by atoms with van der Waals surface area (Å²) in [6.07, 6.45) is 2.65. The number of carbonyl (C=O) groups excluding carboxylic acids is 1. The molecule has 1 aromatic carbocycles. The summed E-state index contributed by atoms with van der Waals surface area (Å²) >= 11 is 0. The molecule has 0 bridgehead atoms. The van der Waals surface area contributed by atoms with Gasteiger partial charge in [0.1, 0.15) is 5.82 Å². The van der Waals surface area contributed by atoms with Crippen LogP contribution in [-0.4, -0.2) is 35.7 Å². The minimum atomic E-state index is -0.285. The van der Waals surface area contributed by atoms with Crippen molar-refractivity contribution < 1.29 is 9.18 Å². The first-order valence-corrected chi connectivity index (χ1v) is 9.65. The molecule has 1 N–H and O–H groups in total. The van der Waals surface area contributed by atoms with Gasteiger partial charge in [-0.15, -0.1) is 10.2 Å². The number of rotatable bonds is 6. The lowest BCUT2D eigenvalue weighted by atomic mass is 9.95. The predicted molar refractivity (Wildman–Crippen MR) is 105 cm³/mol. The van der Waals surface area contributed by atoms with Crippen molar-refractivity contribution in [2.45, 2.75) is 33.1 Å². The lowest BCUT2D eigenvalue weighted by Crippen LogP contribution is -2.41. The summed E-state index contributed by atoms with van der Waals surface area (Å²) in [5.41, 5.74) is 1.36. The van der Waals surface area contributed by atoms with Crippen LogP contribution in [0.25, 0.3) is 11.3 Å². The quantitative estimate of drug-likeness (QED) is 0.843. The highest BCUT2D eigenvalue weighted by Gasteiger charge is 2.25. The van der Waals surface area contributed by atoms with Crippen LogP contribution in [-0.2, 0) is 4.79 Å². The van der Waals surface area contributed by atoms with E-state index in [1.165, 1.54) is 12.1 Å². The van der Waals surface area contributed by atoms with Crippen LogP contribution < -0.4 is 10.2 Å². The predicted octanol–water partition coefficient (Wildman–Crippen LogP) is 3.66. The number of nitrogens with zero attached hydrogens (tertiary/aromatic N) is 3. The molecule has 0 atom stereocenters. The van der Waals surface area contributed by atoms with Gasteiger partial charge >= 0.3 is 0 Å². The van der Waals surface area contributed by atoms with Crippen molar-refractivity contribution in [3.05, 3.63) is 42.2 Å². The molecule has 1 aromatic heterocycles. The molecule has 2 heterocycles. The smallest absolute Gasteiger partial charge is 0.223 e. The Hall–Kier alpha value is -2.50. The number of hydrogen-bond donors (Lipinski definition) is 1. The number of hydrogen-bond acceptors (Lipinski definition) is 4. The van der Waals surface area contributed by atoms with Gasteiger partial charge in [-0.25, -0.2) is 4.39 Å². The Labute approximate surface area is 160 Å². The second-order valence-corrected chi connectivity index (χ2v) is 7.52. The van der Waals surface area contributed by atoms with Gasteiger partial charge in [-0.2, -0.15) is 0 Å². The normalized spacial score (nSPS) is 15.2. The maximum Gasteiger partial charge on any atom is 0.223 e. The Kier molecular flexibility index (Phi) is 6.37. The van der Waals surface area contributed by atoms with Crippen LogP contribution in [0.5, 0.6) is 0 Å². The Balaban J connectivity index is 1.53. The average molecular weight is 370 g/mol. The van der Waals surface area contributed by atoms with Crippen molar-refractivity contribution >= 4 is 11.7 Å². The first-order chi connectivity index (χ1) is 13.0. The summed E-state index contributed by atoms with van der Waals surface area (Å²) < 4.78 is 13.4. The highest BCUT2D eigenvalue weighted by atomic mass is 19.1. The lowest BCUT2D eigenvalue weighted by Gasteiger charge is -2.31. The second-order valence-electron chi connectivity index (χ2n) is 7.52. The molecule has 1 fully saturated rings. The van der Waals surface area contributed by atoms with Crippen molar-refractivity contribution in [2.75, 3.05) is 24.5 Å². The van der Waals surface area contributed by atoms with E-state index in [0.717, 1.165) is 44.7 Å². The topological polar surface area (TPSA) is 58.1 Å². The van der Waals surface area contributed by atoms with Crippen LogP contribution in [0.3, 0.4) is 0 Å². The van der Waals surface area contributed by atoms with E-state index in [9.17, 15) is 9.18 Å². The van der Waals surface area contributed by atoms with Gasteiger partial charge in [0.25, 0.3) is 0 Å². The molecule has 0 radical (unpaired) electrons. The molecule has 0 spiro atoms. The van der Waals surface area contributed by atoms with Crippen molar-refractivity contribution in [3.8, 4) is 11.3 Å². The molecular formula is C21H27FN4O. The van der Waals surface area contributed by atoms with E-state index in [2.05, 4.69) is 34.3 Å². The maximum absolute atomic E-state index is 13.4. The SMILES string of the molecule is CC(C)CCNC(=O)C1CCN(c2ccc(-c3cccc(F)c3)nn2)CC1. The summed E-state index contributed by atoms with van der Waals surface area (Å²) in [6, 6.07) is 10.1. The molecule has 2 aromatic rings. The zero-order chi connectivity index (χ0) is 19.2. The summed E-state index contributed by atoms with van der Waals surface area (Å²) in [5.74, 6) is 1.36. The highest BCUT2D eigenvalue weighted by molar-refractivity contribution is 5.78. The van der Waals surface area contributed by atoms with Crippen LogP contribution in [0.1, 0.15) is 33.1 Å². The Morgan fingerprint density at radius 2 is 2.00 bits per heavy atom. The van der Waals surface area contributed by atoms with E-state index >= 15 is 0 Å². The van der Waals surface area contributed by atoms with Crippen molar-refractivity contribution in [1.82, 2.24) is 15.5 Å². The maximum atomic E-state index is 13.4. The molecule has 0 unspecified atom stereocenters. The summed E-state index contributed by atoms with van der Waals surface area (Å²) in [5, 5.41) is 11.6. The highest BCUT2D eigenvalue weighted by Crippen LogP contribution is 2.23. The fourth-order valence-corrected chi connectivity index (χ4v) is 3.29. The van der Waals surface area contributed by atoms with E-state index in [4.69, 9.17) is 0 Å². The fourth-order valence-electron chi connectivity index (χ4n) is 3.29. The molecule has 0 saturated carbocycles. The van der Waals surface area contributed by atoms with Crippen molar-refractivity contribution in [1.29, 1.82) is 0 Å². The van der Waals surface area contributed by atoms with E-state index in [1.54, 1.807) is 6.07 Å². The molecule has 27 heavy (non-hydrogen) atoms. The van der Waals surface area contributed by atoms with Crippen molar-refractivity contribution in [2.24, 2.45) is 11.8 Å². The van der Waals surface area contributed by atoms with Gasteiger partial charge < -0.3 is 10.2 Å². The molecular weight excluding hydrogens is 343 g/mol. The van der Waals surface area contributed by atoms with E-state index in [-0.39, 0.29) is 17.6 Å². The molecule has 144 valence electrons. The average Bonchev–Trinajstić information content (AvgIpc) is 2.68. The van der Waals surface area contributed by atoms with E-state index in [0.29, 0.717) is 17.2 Å². The zero-order valence-electron chi connectivity index (χ0n) is 16.0. The fraction of sp³-hybridized carbons (Fsp3) is 0.476. The molecule has 0 aliphatic carbocycles. The molecule has 1 aliphatic rings. The number of halogens is 1. The summed E-state index contributed by atoms with van der Waals surface area (Å²) in [7, 11) is 0. The minimum Gasteiger partial charge on any atom is -0.356 e. The monoisotopic (exact) mass is 370 g/mol. The van der Waals surface area contributed by atoms with Gasteiger partial charge in [-0.1, -0.05) is 26.0 Å². The molecule has 1 amide bonds. The summed E-state index contributed by atoms with van der Waals surface area (Å²) in [6.45, 7) is 6.65. The largest absolute Gasteiger partial charge is 0.356 e. The Morgan fingerprint density at radius 3 is 2.63 bits per heavy atom. The van der Waals surface area contributed by atoms with Crippen molar-refractivity contribution in [3.63, 3.8) is 0 Å². The molecule has 5 nitrogen and oxygen atoms in total. The number of aromatic nitrogens is 2. The third-order valence-corrected chi connectivity index (χ3v) is 4.98. The number of anilines is 1. The van der Waals surface area contributed by atoms with Gasteiger partial charge in [-0.3, -0.25) is 4.79 Å². The molecule has 3 rings (SSSR count). The standard InChI is InChI=1S/C21H27FN4O/c1-15(2)8-11-23-21(27)16-9-12-26(13-10-16)20-7-6-19(24-25-20)17-4-3-5-18(22)14-17/h3-7,14-16H,8-13H2,1-2H3,(H,23,27). The summed E-state index contributed by atoms with van der Waals surface area (Å²) in [4.78, 5) is 14.4. The molecule has 1 saturated heterocycles. The lowest BCUT2D eigenvalue weighted by molar-refractivity contribution is -0.125. The van der Waals surface area contributed by atoms with Crippen LogP contribution in [0, 0.1) is 17.7 Å². The third-order valence-electron chi connectivity index (χ3n) is 4.98.